The van der Waals surface area contributed by atoms with Gasteiger partial charge in [-0.1, -0.05) is 77.9 Å². The van der Waals surface area contributed by atoms with Gasteiger partial charge in [-0.3, -0.25) is 39.2 Å². The van der Waals surface area contributed by atoms with Crippen LogP contribution in [0.2, 0.25) is 0 Å². The number of fused-ring (bicyclic) bond motifs is 6. The molecule has 3 unspecified atom stereocenters. The monoisotopic (exact) mass is 1520 g/mol. The van der Waals surface area contributed by atoms with Gasteiger partial charge in [0.1, 0.15) is 43.4 Å². The van der Waals surface area contributed by atoms with Crippen LogP contribution >= 0.6 is 21.6 Å². The van der Waals surface area contributed by atoms with Crippen molar-refractivity contribution in [1.29, 1.82) is 0 Å². The molecule has 1 spiro atoms. The van der Waals surface area contributed by atoms with E-state index in [1.165, 1.54) is 39.4 Å². The molecule has 1 saturated carbocycles. The number of methoxy groups -OCH3 is 1. The number of anilines is 1. The van der Waals surface area contributed by atoms with Crippen LogP contribution in [0.3, 0.4) is 0 Å². The van der Waals surface area contributed by atoms with Gasteiger partial charge in [0.05, 0.1) is 55.0 Å². The zero-order chi connectivity index (χ0) is 77.1. The number of H-pyrrole nitrogens is 1. The summed E-state index contributed by atoms with van der Waals surface area (Å²) < 4.78 is 29.9. The number of para-hydroxylation sites is 1. The SMILES string of the molecule is CCC(=O)N[C@@H](C)C(=O)C[C@@H](Cc1cn(CCO[C@@H]2OC(C(=O)O)[C@@H](O)[C@H](O)C2O)nn1)C(=O)NCCSSCCOC(=O)NNC(=O)[C@@]1(O)[C@H](O)[C@]2(CC)C=CCN3CC[C@@]4(c5cc([C@@]6(COC=O)C[C@@H]7CN(CCc8c6[nH]c6ccccc86)C[C@](O)(CC)C7)c(OC)cc5N(C)[C@@H]14)[C@@H]32.O=C=O.O=C=O. The van der Waals surface area contributed by atoms with Crippen LogP contribution in [0.15, 0.2) is 54.7 Å². The van der Waals surface area contributed by atoms with Gasteiger partial charge in [-0.25, -0.2) is 19.7 Å². The Hall–Kier alpha value is -8.19. The van der Waals surface area contributed by atoms with E-state index in [2.05, 4.69) is 58.7 Å². The van der Waals surface area contributed by atoms with E-state index >= 15 is 4.79 Å². The van der Waals surface area contributed by atoms with Crippen molar-refractivity contribution in [3.63, 3.8) is 0 Å². The number of hydrazine groups is 1. The average molecular weight is 1520 g/mol. The van der Waals surface area contributed by atoms with Crippen LogP contribution < -0.4 is 31.1 Å². The number of likely N-dealkylation sites (N-methyl/N-ethyl adjacent to an activating group) is 1. The number of carbonyl (C=O) groups is 7. The molecule has 2 bridgehead atoms. The number of aliphatic hydroxyl groups excluding tert-OH is 4. The van der Waals surface area contributed by atoms with E-state index in [0.717, 1.165) is 33.3 Å². The number of piperidine rings is 1. The van der Waals surface area contributed by atoms with Crippen LogP contribution in [-0.2, 0) is 97.1 Å². The van der Waals surface area contributed by atoms with E-state index in [-0.39, 0.29) is 82.1 Å². The number of aliphatic carboxylic acids is 1. The standard InChI is InChI=1S/C68H93N11O19S2.2CO2/c1-7-50(82)70-38(4)48(81)28-40(27-41-34-79(75-72-41)22-23-96-58-53(85)51(83)52(84)54(98-58)57(87)88)56(86)69-18-25-99-100-26-24-97-63(91)74-73-62(90)68(93)60-67(17-21-78-19-12-16-65(9-3,59(67)78)61(68)89)44-29-45(49(94-6)30-47(44)76(60)5)66(36-95-37-80)32-39-31-64(92,8-2)35-77(33-39)20-15-43-42-13-10-11-14-46(42)71-55(43)66;2*2-1-3/h10-14,16,29-30,34,37-40,51-54,58-61,71,83-85,89,92-93H,7-9,15,17-28,31-33,35-36H2,1-6H3,(H,69,86)(H,70,82)(H,73,90)(H,74,91)(H,87,88);;/t38-,39+,40+,51-,52-,53?,54?,58+,59-,60+,61+,64-,65+,66-,67+,68-;;/m0../s1. The summed E-state index contributed by atoms with van der Waals surface area (Å²) in [6, 6.07) is 9.76. The first-order valence-electron chi connectivity index (χ1n) is 35.1. The number of benzene rings is 2. The third-order valence-electron chi connectivity index (χ3n) is 21.9. The van der Waals surface area contributed by atoms with E-state index in [1.54, 1.807) is 21.1 Å². The Kier molecular flexibility index (Phi) is 27.2. The maximum Gasteiger partial charge on any atom is 0.426 e. The van der Waals surface area contributed by atoms with Crippen molar-refractivity contribution >= 4 is 92.5 Å². The summed E-state index contributed by atoms with van der Waals surface area (Å²) in [4.78, 5) is 135. The number of aliphatic hydroxyl groups is 6. The number of hydrogen-bond acceptors (Lipinski definition) is 29. The number of hydrogen-bond donors (Lipinski definition) is 12. The Labute approximate surface area is 617 Å². The Morgan fingerprint density at radius 2 is 1.65 bits per heavy atom. The lowest BCUT2D eigenvalue weighted by Crippen LogP contribution is -2.82. The van der Waals surface area contributed by atoms with Gasteiger partial charge in [0.2, 0.25) is 11.8 Å². The minimum atomic E-state index is -2.59. The number of nitrogens with zero attached hydrogens (tertiary/aromatic N) is 6. The predicted molar refractivity (Wildman–Crippen MR) is 374 cm³/mol. The van der Waals surface area contributed by atoms with Gasteiger partial charge in [-0.2, -0.15) is 19.2 Å². The highest BCUT2D eigenvalue weighted by Gasteiger charge is 2.79. The number of ketones is 1. The molecule has 4 aromatic rings. The topological polar surface area (TPSA) is 480 Å². The molecular formula is C70H93N11O23S2. The second-order valence-corrected chi connectivity index (χ2v) is 30.5. The van der Waals surface area contributed by atoms with Gasteiger partial charge in [0.15, 0.2) is 23.8 Å². The first kappa shape index (κ1) is 81.9. The van der Waals surface area contributed by atoms with Gasteiger partial charge < -0.3 is 79.9 Å². The predicted octanol–water partition coefficient (Wildman–Crippen LogP) is -0.432. The minimum Gasteiger partial charge on any atom is -0.496 e. The first-order chi connectivity index (χ1) is 50.7. The maximum absolute atomic E-state index is 15.2. The van der Waals surface area contributed by atoms with Crippen molar-refractivity contribution in [2.75, 3.05) is 89.7 Å². The van der Waals surface area contributed by atoms with Crippen LogP contribution in [-0.4, -0.2) is 271 Å². The van der Waals surface area contributed by atoms with Gasteiger partial charge in [-0.05, 0) is 81.2 Å². The highest BCUT2D eigenvalue weighted by atomic mass is 33.1. The molecule has 7 aliphatic rings. The number of nitrogens with one attached hydrogen (secondary N) is 5. The molecule has 6 aliphatic heterocycles. The molecule has 2 aromatic heterocycles. The fraction of sp³-hybridized carbons (Fsp3) is 0.614. The highest BCUT2D eigenvalue weighted by molar-refractivity contribution is 8.76. The molecule has 36 heteroatoms. The quantitative estimate of drug-likeness (QED) is 0.0113. The Morgan fingerprint density at radius 3 is 2.35 bits per heavy atom. The first-order valence-corrected chi connectivity index (χ1v) is 37.6. The van der Waals surface area contributed by atoms with Gasteiger partial charge in [0.25, 0.3) is 12.4 Å². The Balaban J connectivity index is 0.00000209. The van der Waals surface area contributed by atoms with Crippen LogP contribution in [0.5, 0.6) is 5.75 Å². The molecule has 1 aliphatic carbocycles. The number of carboxylic acids is 1. The van der Waals surface area contributed by atoms with E-state index < -0.39 is 118 Å². The second-order valence-electron chi connectivity index (χ2n) is 27.8. The highest BCUT2D eigenvalue weighted by Crippen LogP contribution is 2.68. The number of Topliss-reactive ketones (excluding diaryl/α,β-unsaturated/α-hetero) is 1. The smallest absolute Gasteiger partial charge is 0.426 e. The molecule has 17 atom stereocenters. The molecule has 0 radical (unpaired) electrons. The van der Waals surface area contributed by atoms with Crippen molar-refractivity contribution in [1.82, 2.24) is 51.3 Å². The molecule has 2 aromatic carbocycles. The van der Waals surface area contributed by atoms with E-state index in [1.807, 2.05) is 55.2 Å². The summed E-state index contributed by atoms with van der Waals surface area (Å²) in [5.41, 5.74) is 3.28. The fourth-order valence-corrected chi connectivity index (χ4v) is 19.1. The summed E-state index contributed by atoms with van der Waals surface area (Å²) in [6.07, 6.45) is -2.93. The number of amides is 4. The minimum absolute atomic E-state index is 0.00139. The van der Waals surface area contributed by atoms with Crippen molar-refractivity contribution in [3.8, 4) is 5.75 Å². The summed E-state index contributed by atoms with van der Waals surface area (Å²) in [5.74, 6) is -3.71. The number of carbonyl (C=O) groups excluding carboxylic acids is 10. The van der Waals surface area contributed by atoms with Gasteiger partial charge in [0, 0.05) is 128 Å². The number of rotatable bonds is 28. The molecule has 578 valence electrons. The lowest BCUT2D eigenvalue weighted by Gasteiger charge is -2.63. The largest absolute Gasteiger partial charge is 0.496 e. The number of aromatic amines is 1. The molecular weight excluding hydrogens is 1430 g/mol. The van der Waals surface area contributed by atoms with Gasteiger partial charge >= 0.3 is 24.4 Å². The molecule has 8 heterocycles. The number of aromatic nitrogens is 4. The molecule has 4 fully saturated rings. The van der Waals surface area contributed by atoms with Crippen molar-refractivity contribution in [2.24, 2.45) is 17.3 Å². The maximum atomic E-state index is 15.2. The van der Waals surface area contributed by atoms with Crippen molar-refractivity contribution in [2.45, 2.75) is 169 Å². The van der Waals surface area contributed by atoms with Crippen molar-refractivity contribution < 1.29 is 112 Å². The number of carboxylic acid groups (broad SMARTS) is 1. The molecule has 11 rings (SSSR count). The lowest BCUT2D eigenvalue weighted by molar-refractivity contribution is -0.294. The normalized spacial score (nSPS) is 30.1. The summed E-state index contributed by atoms with van der Waals surface area (Å²) in [6.45, 7) is 10.4. The van der Waals surface area contributed by atoms with Crippen LogP contribution in [0.1, 0.15) is 101 Å². The third-order valence-corrected chi connectivity index (χ3v) is 24.3. The third kappa shape index (κ3) is 16.3. The molecule has 3 saturated heterocycles. The number of ether oxygens (including phenoxy) is 5. The lowest BCUT2D eigenvalue weighted by atomic mass is 9.47. The summed E-state index contributed by atoms with van der Waals surface area (Å²) >= 11 is 0. The molecule has 106 heavy (non-hydrogen) atoms. The van der Waals surface area contributed by atoms with E-state index in [4.69, 9.17) is 42.9 Å². The second kappa shape index (κ2) is 35.2. The van der Waals surface area contributed by atoms with Crippen LogP contribution in [0.25, 0.3) is 10.9 Å². The van der Waals surface area contributed by atoms with Crippen LogP contribution in [0.4, 0.5) is 10.5 Å². The summed E-state index contributed by atoms with van der Waals surface area (Å²) in [7, 11) is 6.08. The average Bonchev–Trinajstić information content (AvgIpc) is 1.46. The Morgan fingerprint density at radius 1 is 0.915 bits per heavy atom. The molecule has 34 nitrogen and oxygen atoms in total. The Bertz CT molecular complexity index is 3920. The fourth-order valence-electron chi connectivity index (χ4n) is 17.3. The van der Waals surface area contributed by atoms with E-state index in [9.17, 15) is 64.5 Å². The van der Waals surface area contributed by atoms with E-state index in [0.29, 0.717) is 101 Å². The molecule has 4 amide bonds. The zero-order valence-corrected chi connectivity index (χ0v) is 61.3. The molecule has 12 N–H and O–H groups in total. The van der Waals surface area contributed by atoms with Crippen LogP contribution in [0, 0.1) is 17.3 Å². The zero-order valence-electron chi connectivity index (χ0n) is 59.6. The summed E-state index contributed by atoms with van der Waals surface area (Å²) in [5, 5.41) is 93.3. The van der Waals surface area contributed by atoms with Gasteiger partial charge in [-0.15, -0.1) is 5.10 Å². The van der Waals surface area contributed by atoms with Crippen molar-refractivity contribution in [3.05, 3.63) is 82.8 Å².